The van der Waals surface area contributed by atoms with Crippen LogP contribution in [0.25, 0.3) is 0 Å². The van der Waals surface area contributed by atoms with E-state index in [1.165, 1.54) is 13.5 Å². The number of nitrogens with two attached hydrogens (primary N) is 1. The molecule has 1 saturated carbocycles. The standard InChI is InChI=1S/C16H27BrN2O2/c1-19-10-4-6-14(19)15(16(20)21-2)11(8-10)9-3-5-13(18)12(17)7-9/h9-15H,3-8,18H2,1-2H3/t9?,10-,11-,12?,13?,14?,15+/m1/s1. The summed E-state index contributed by atoms with van der Waals surface area (Å²) in [6.45, 7) is 0. The van der Waals surface area contributed by atoms with Crippen LogP contribution in [0.4, 0.5) is 0 Å². The lowest BCUT2D eigenvalue weighted by Gasteiger charge is -2.46. The number of fused-ring (bicyclic) bond motifs is 2. The molecule has 3 aliphatic rings. The Balaban J connectivity index is 1.80. The van der Waals surface area contributed by atoms with Gasteiger partial charge in [0.2, 0.25) is 0 Å². The molecule has 0 aromatic heterocycles. The number of alkyl halides is 1. The first kappa shape index (κ1) is 15.8. The molecule has 0 aromatic rings. The summed E-state index contributed by atoms with van der Waals surface area (Å²) >= 11 is 3.74. The molecule has 2 saturated heterocycles. The maximum Gasteiger partial charge on any atom is 0.310 e. The maximum atomic E-state index is 12.4. The fourth-order valence-electron chi connectivity index (χ4n) is 5.02. The Bertz CT molecular complexity index is 406. The van der Waals surface area contributed by atoms with Gasteiger partial charge in [0.05, 0.1) is 13.0 Å². The minimum atomic E-state index is -0.00167. The van der Waals surface area contributed by atoms with Gasteiger partial charge >= 0.3 is 5.97 Å². The van der Waals surface area contributed by atoms with Crippen molar-refractivity contribution in [1.29, 1.82) is 0 Å². The van der Waals surface area contributed by atoms with E-state index in [2.05, 4.69) is 27.9 Å². The number of hydrogen-bond donors (Lipinski definition) is 1. The number of piperidine rings is 1. The van der Waals surface area contributed by atoms with Gasteiger partial charge in [-0.25, -0.2) is 0 Å². The summed E-state index contributed by atoms with van der Waals surface area (Å²) in [5, 5.41) is 0. The molecule has 1 aliphatic carbocycles. The van der Waals surface area contributed by atoms with Gasteiger partial charge in [0.15, 0.2) is 0 Å². The van der Waals surface area contributed by atoms with Crippen LogP contribution in [0.15, 0.2) is 0 Å². The molecule has 21 heavy (non-hydrogen) atoms. The molecule has 2 aliphatic heterocycles. The first-order valence-corrected chi connectivity index (χ1v) is 9.14. The second-order valence-electron chi connectivity index (χ2n) is 7.17. The van der Waals surface area contributed by atoms with Crippen LogP contribution in [-0.4, -0.2) is 48.0 Å². The van der Waals surface area contributed by atoms with Crippen LogP contribution < -0.4 is 5.73 Å². The number of carbonyl (C=O) groups excluding carboxylic acids is 1. The maximum absolute atomic E-state index is 12.4. The molecule has 4 unspecified atom stereocenters. The van der Waals surface area contributed by atoms with Crippen LogP contribution in [-0.2, 0) is 9.53 Å². The van der Waals surface area contributed by atoms with Gasteiger partial charge in [-0.2, -0.15) is 0 Å². The van der Waals surface area contributed by atoms with Crippen molar-refractivity contribution < 1.29 is 9.53 Å². The second kappa shape index (κ2) is 6.17. The summed E-state index contributed by atoms with van der Waals surface area (Å²) in [6, 6.07) is 1.30. The molecule has 0 radical (unpaired) electrons. The third kappa shape index (κ3) is 2.77. The summed E-state index contributed by atoms with van der Waals surface area (Å²) in [4.78, 5) is 15.2. The van der Waals surface area contributed by atoms with Gasteiger partial charge in [-0.3, -0.25) is 9.69 Å². The summed E-state index contributed by atoms with van der Waals surface area (Å²) in [6.07, 6.45) is 6.84. The largest absolute Gasteiger partial charge is 0.469 e. The van der Waals surface area contributed by atoms with E-state index in [-0.39, 0.29) is 17.9 Å². The lowest BCUT2D eigenvalue weighted by molar-refractivity contribution is -0.154. The average Bonchev–Trinajstić information content (AvgIpc) is 2.72. The van der Waals surface area contributed by atoms with E-state index in [1.807, 2.05) is 0 Å². The molecule has 5 heteroatoms. The SMILES string of the molecule is COC(=O)[C@@H]1C2CC[C@H](C[C@@H]1C1CCC(N)C(Br)C1)N2C. The Morgan fingerprint density at radius 3 is 2.67 bits per heavy atom. The molecule has 4 nitrogen and oxygen atoms in total. The molecule has 3 fully saturated rings. The summed E-state index contributed by atoms with van der Waals surface area (Å²) in [5.41, 5.74) is 6.13. The Hall–Kier alpha value is -0.130. The van der Waals surface area contributed by atoms with Crippen LogP contribution in [0, 0.1) is 17.8 Å². The van der Waals surface area contributed by atoms with Gasteiger partial charge in [-0.1, -0.05) is 15.9 Å². The lowest BCUT2D eigenvalue weighted by Crippen LogP contribution is -2.53. The molecule has 0 amide bonds. The third-order valence-corrected chi connectivity index (χ3v) is 7.31. The smallest absolute Gasteiger partial charge is 0.310 e. The van der Waals surface area contributed by atoms with E-state index in [0.717, 1.165) is 32.1 Å². The van der Waals surface area contributed by atoms with Crippen molar-refractivity contribution in [2.24, 2.45) is 23.5 Å². The average molecular weight is 359 g/mol. The van der Waals surface area contributed by atoms with Gasteiger partial charge in [-0.05, 0) is 57.4 Å². The quantitative estimate of drug-likeness (QED) is 0.606. The van der Waals surface area contributed by atoms with Gasteiger partial charge in [0, 0.05) is 23.0 Å². The number of esters is 1. The molecule has 0 aromatic carbocycles. The van der Waals surface area contributed by atoms with Gasteiger partial charge < -0.3 is 10.5 Å². The molecule has 2 N–H and O–H groups in total. The van der Waals surface area contributed by atoms with Crippen molar-refractivity contribution in [1.82, 2.24) is 4.90 Å². The van der Waals surface area contributed by atoms with E-state index < -0.39 is 0 Å². The summed E-state index contributed by atoms with van der Waals surface area (Å²) in [5.74, 6) is 1.13. The van der Waals surface area contributed by atoms with E-state index in [9.17, 15) is 4.79 Å². The first-order chi connectivity index (χ1) is 10.0. The highest BCUT2D eigenvalue weighted by molar-refractivity contribution is 9.09. The fraction of sp³-hybridized carbons (Fsp3) is 0.938. The van der Waals surface area contributed by atoms with Gasteiger partial charge in [0.1, 0.15) is 0 Å². The van der Waals surface area contributed by atoms with Gasteiger partial charge in [0.25, 0.3) is 0 Å². The predicted molar refractivity (Wildman–Crippen MR) is 86.2 cm³/mol. The summed E-state index contributed by atoms with van der Waals surface area (Å²) in [7, 11) is 3.71. The van der Waals surface area contributed by atoms with E-state index >= 15 is 0 Å². The van der Waals surface area contributed by atoms with Crippen LogP contribution >= 0.6 is 15.9 Å². The van der Waals surface area contributed by atoms with Crippen molar-refractivity contribution in [3.8, 4) is 0 Å². The molecule has 3 rings (SSSR count). The van der Waals surface area contributed by atoms with Gasteiger partial charge in [-0.15, -0.1) is 0 Å². The normalized spacial score (nSPS) is 47.3. The highest BCUT2D eigenvalue weighted by Crippen LogP contribution is 2.48. The van der Waals surface area contributed by atoms with Crippen molar-refractivity contribution in [2.45, 2.75) is 61.5 Å². The number of halogens is 1. The molecular weight excluding hydrogens is 332 g/mol. The Morgan fingerprint density at radius 1 is 1.24 bits per heavy atom. The topological polar surface area (TPSA) is 55.6 Å². The molecule has 120 valence electrons. The highest BCUT2D eigenvalue weighted by Gasteiger charge is 2.51. The van der Waals surface area contributed by atoms with E-state index in [4.69, 9.17) is 10.5 Å². The Kier molecular flexibility index (Phi) is 4.63. The molecule has 0 spiro atoms. The number of methoxy groups -OCH3 is 1. The zero-order chi connectivity index (χ0) is 15.1. The van der Waals surface area contributed by atoms with Crippen LogP contribution in [0.1, 0.15) is 38.5 Å². The second-order valence-corrected chi connectivity index (χ2v) is 8.34. The number of ether oxygens (including phenoxy) is 1. The van der Waals surface area contributed by atoms with Crippen LogP contribution in [0.3, 0.4) is 0 Å². The molecular formula is C16H27BrN2O2. The number of carbonyl (C=O) groups is 1. The molecule has 2 bridgehead atoms. The minimum Gasteiger partial charge on any atom is -0.469 e. The van der Waals surface area contributed by atoms with Crippen molar-refractivity contribution in [2.75, 3.05) is 14.2 Å². The minimum absolute atomic E-state index is 0.00167. The zero-order valence-electron chi connectivity index (χ0n) is 13.0. The lowest BCUT2D eigenvalue weighted by atomic mass is 9.68. The fourth-order valence-corrected chi connectivity index (χ4v) is 5.76. The van der Waals surface area contributed by atoms with Crippen molar-refractivity contribution >= 4 is 21.9 Å². The number of rotatable bonds is 2. The molecule has 2 heterocycles. The highest BCUT2D eigenvalue weighted by atomic mass is 79.9. The van der Waals surface area contributed by atoms with Crippen molar-refractivity contribution in [3.63, 3.8) is 0 Å². The number of nitrogens with zero attached hydrogens (tertiary/aromatic N) is 1. The zero-order valence-corrected chi connectivity index (χ0v) is 14.6. The third-order valence-electron chi connectivity index (χ3n) is 6.26. The monoisotopic (exact) mass is 358 g/mol. The van der Waals surface area contributed by atoms with E-state index in [0.29, 0.717) is 28.7 Å². The first-order valence-electron chi connectivity index (χ1n) is 8.22. The summed E-state index contributed by atoms with van der Waals surface area (Å²) < 4.78 is 5.16. The van der Waals surface area contributed by atoms with Crippen LogP contribution in [0.5, 0.6) is 0 Å². The number of hydrogen-bond acceptors (Lipinski definition) is 4. The van der Waals surface area contributed by atoms with Crippen LogP contribution in [0.2, 0.25) is 0 Å². The Labute approximate surface area is 135 Å². The predicted octanol–water partition coefficient (Wildman–Crippen LogP) is 2.15. The Morgan fingerprint density at radius 2 is 2.00 bits per heavy atom. The van der Waals surface area contributed by atoms with E-state index in [1.54, 1.807) is 0 Å². The molecule has 7 atom stereocenters. The van der Waals surface area contributed by atoms with Crippen molar-refractivity contribution in [3.05, 3.63) is 0 Å².